The molecule has 0 fully saturated rings. The summed E-state index contributed by atoms with van der Waals surface area (Å²) in [7, 11) is -3.64. The van der Waals surface area contributed by atoms with Crippen LogP contribution >= 0.6 is 23.2 Å². The molecule has 0 saturated heterocycles. The van der Waals surface area contributed by atoms with Gasteiger partial charge in [-0.3, -0.25) is 13.9 Å². The summed E-state index contributed by atoms with van der Waals surface area (Å²) in [4.78, 5) is 29.2. The molecule has 10 heteroatoms. The van der Waals surface area contributed by atoms with Gasteiger partial charge in [0.1, 0.15) is 6.04 Å². The number of anilines is 1. The van der Waals surface area contributed by atoms with Crippen molar-refractivity contribution < 1.29 is 18.0 Å². The topological polar surface area (TPSA) is 86.8 Å². The third-order valence-corrected chi connectivity index (χ3v) is 8.76. The van der Waals surface area contributed by atoms with Crippen molar-refractivity contribution >= 4 is 50.7 Å². The number of halogens is 2. The molecule has 3 aromatic carbocycles. The number of benzene rings is 3. The fourth-order valence-electron chi connectivity index (χ4n) is 4.66. The molecule has 7 nitrogen and oxygen atoms in total. The van der Waals surface area contributed by atoms with Gasteiger partial charge in [-0.25, -0.2) is 8.42 Å². The first-order chi connectivity index (χ1) is 19.9. The third-order valence-electron chi connectivity index (χ3n) is 7.11. The molecule has 3 aromatic rings. The summed E-state index contributed by atoms with van der Waals surface area (Å²) >= 11 is 12.4. The smallest absolute Gasteiger partial charge is 0.243 e. The minimum absolute atomic E-state index is 0.0358. The number of sulfonamides is 1. The van der Waals surface area contributed by atoms with Gasteiger partial charge in [0.05, 0.1) is 11.9 Å². The molecule has 3 rings (SSSR count). The lowest BCUT2D eigenvalue weighted by atomic mass is 10.0. The Balaban J connectivity index is 1.91. The largest absolute Gasteiger partial charge is 0.352 e. The first kappa shape index (κ1) is 33.4. The van der Waals surface area contributed by atoms with Crippen molar-refractivity contribution in [3.05, 3.63) is 99.5 Å². The van der Waals surface area contributed by atoms with Gasteiger partial charge in [-0.15, -0.1) is 0 Å². The molecule has 0 heterocycles. The van der Waals surface area contributed by atoms with Crippen molar-refractivity contribution in [2.75, 3.05) is 17.1 Å². The van der Waals surface area contributed by atoms with Gasteiger partial charge in [-0.1, -0.05) is 78.7 Å². The van der Waals surface area contributed by atoms with E-state index >= 15 is 0 Å². The molecule has 0 radical (unpaired) electrons. The van der Waals surface area contributed by atoms with Crippen LogP contribution in [0.4, 0.5) is 5.69 Å². The lowest BCUT2D eigenvalue weighted by Crippen LogP contribution is -2.52. The van der Waals surface area contributed by atoms with E-state index in [1.54, 1.807) is 35.2 Å². The van der Waals surface area contributed by atoms with E-state index in [0.29, 0.717) is 22.2 Å². The average molecular weight is 633 g/mol. The molecule has 0 aliphatic carbocycles. The fourth-order valence-corrected chi connectivity index (χ4v) is 6.05. The van der Waals surface area contributed by atoms with Crippen LogP contribution < -0.4 is 9.62 Å². The summed E-state index contributed by atoms with van der Waals surface area (Å²) < 4.78 is 26.7. The number of carbonyl (C=O) groups is 2. The number of amides is 2. The Morgan fingerprint density at radius 2 is 1.60 bits per heavy atom. The molecule has 2 atom stereocenters. The highest BCUT2D eigenvalue weighted by atomic mass is 35.5. The quantitative estimate of drug-likeness (QED) is 0.223. The Kier molecular flexibility index (Phi) is 12.3. The maximum atomic E-state index is 13.9. The Bertz CT molecular complexity index is 1470. The molecule has 0 aliphatic heterocycles. The van der Waals surface area contributed by atoms with Crippen molar-refractivity contribution in [1.29, 1.82) is 0 Å². The number of hydrogen-bond acceptors (Lipinski definition) is 4. The number of nitrogens with zero attached hydrogens (tertiary/aromatic N) is 2. The fraction of sp³-hybridized carbons (Fsp3) is 0.375. The highest BCUT2D eigenvalue weighted by Gasteiger charge is 2.31. The van der Waals surface area contributed by atoms with E-state index in [1.807, 2.05) is 63.2 Å². The molecule has 0 spiro atoms. The molecule has 1 N–H and O–H groups in total. The third kappa shape index (κ3) is 9.75. The van der Waals surface area contributed by atoms with E-state index in [1.165, 1.54) is 4.31 Å². The number of rotatable bonds is 14. The van der Waals surface area contributed by atoms with Crippen molar-refractivity contribution in [2.24, 2.45) is 0 Å². The second kappa shape index (κ2) is 15.4. The van der Waals surface area contributed by atoms with Gasteiger partial charge in [0, 0.05) is 42.0 Å². The first-order valence-electron chi connectivity index (χ1n) is 14.0. The van der Waals surface area contributed by atoms with E-state index in [4.69, 9.17) is 23.2 Å². The molecule has 0 saturated carbocycles. The molecular weight excluding hydrogens is 593 g/mol. The second-order valence-corrected chi connectivity index (χ2v) is 13.3. The number of hydrogen-bond donors (Lipinski definition) is 1. The standard InChI is InChI=1S/C32H39Cl2N3O4S/c1-5-24(3)35-32(39)30(20-25-11-7-6-8-12-25)36(22-26-13-9-14-27(33)19-26)31(38)15-10-18-37(42(4,40)41)29-21-28(34)17-16-23(29)2/h6-9,11-14,16-17,19,21,24,30H,5,10,15,18,20,22H2,1-4H3,(H,35,39)/t24-,30+/m0/s1. The monoisotopic (exact) mass is 631 g/mol. The highest BCUT2D eigenvalue weighted by Crippen LogP contribution is 2.27. The van der Waals surface area contributed by atoms with Crippen LogP contribution in [0.1, 0.15) is 49.8 Å². The van der Waals surface area contributed by atoms with Crippen molar-refractivity contribution in [3.8, 4) is 0 Å². The predicted octanol–water partition coefficient (Wildman–Crippen LogP) is 6.40. The van der Waals surface area contributed by atoms with Gasteiger partial charge >= 0.3 is 0 Å². The molecular formula is C32H39Cl2N3O4S. The minimum atomic E-state index is -3.64. The van der Waals surface area contributed by atoms with E-state index in [-0.39, 0.29) is 43.8 Å². The van der Waals surface area contributed by atoms with Crippen LogP contribution in [0.3, 0.4) is 0 Å². The van der Waals surface area contributed by atoms with Gasteiger partial charge in [-0.05, 0) is 67.6 Å². The summed E-state index contributed by atoms with van der Waals surface area (Å²) in [5.41, 5.74) is 2.94. The molecule has 42 heavy (non-hydrogen) atoms. The van der Waals surface area contributed by atoms with E-state index in [0.717, 1.165) is 29.4 Å². The van der Waals surface area contributed by atoms with Crippen molar-refractivity contribution in [1.82, 2.24) is 10.2 Å². The SMILES string of the molecule is CC[C@H](C)NC(=O)[C@@H](Cc1ccccc1)N(Cc1cccc(Cl)c1)C(=O)CCCN(c1cc(Cl)ccc1C)S(C)(=O)=O. The summed E-state index contributed by atoms with van der Waals surface area (Å²) in [6.45, 7) is 5.98. The highest BCUT2D eigenvalue weighted by molar-refractivity contribution is 7.92. The molecule has 2 amide bonds. The van der Waals surface area contributed by atoms with Crippen LogP contribution in [0.15, 0.2) is 72.8 Å². The zero-order valence-corrected chi connectivity index (χ0v) is 26.8. The zero-order chi connectivity index (χ0) is 30.9. The lowest BCUT2D eigenvalue weighted by Gasteiger charge is -2.33. The maximum absolute atomic E-state index is 13.9. The number of carbonyl (C=O) groups excluding carboxylic acids is 2. The maximum Gasteiger partial charge on any atom is 0.243 e. The van der Waals surface area contributed by atoms with Crippen molar-refractivity contribution in [3.63, 3.8) is 0 Å². The Labute approximate surface area is 259 Å². The summed E-state index contributed by atoms with van der Waals surface area (Å²) in [6, 6.07) is 21.0. The van der Waals surface area contributed by atoms with Crippen LogP contribution in [0.25, 0.3) is 0 Å². The van der Waals surface area contributed by atoms with E-state index < -0.39 is 16.1 Å². The van der Waals surface area contributed by atoms with Crippen molar-refractivity contribution in [2.45, 2.75) is 65.1 Å². The molecule has 0 aromatic heterocycles. The Morgan fingerprint density at radius 1 is 0.929 bits per heavy atom. The van der Waals surface area contributed by atoms with Crippen LogP contribution in [0.2, 0.25) is 10.0 Å². The van der Waals surface area contributed by atoms with Crippen LogP contribution in [0.5, 0.6) is 0 Å². The Morgan fingerprint density at radius 3 is 2.24 bits per heavy atom. The summed E-state index contributed by atoms with van der Waals surface area (Å²) in [5, 5.41) is 4.00. The van der Waals surface area contributed by atoms with Gasteiger partial charge in [0.15, 0.2) is 0 Å². The predicted molar refractivity (Wildman–Crippen MR) is 171 cm³/mol. The molecule has 0 bridgehead atoms. The number of nitrogens with one attached hydrogen (secondary N) is 1. The van der Waals surface area contributed by atoms with Gasteiger partial charge in [0.25, 0.3) is 0 Å². The second-order valence-electron chi connectivity index (χ2n) is 10.5. The average Bonchev–Trinajstić information content (AvgIpc) is 2.94. The Hall–Kier alpha value is -3.07. The van der Waals surface area contributed by atoms with Gasteiger partial charge in [-0.2, -0.15) is 0 Å². The van der Waals surface area contributed by atoms with Crippen LogP contribution in [-0.2, 0) is 32.6 Å². The van der Waals surface area contributed by atoms with E-state index in [9.17, 15) is 18.0 Å². The molecule has 0 aliphatic rings. The molecule has 226 valence electrons. The lowest BCUT2D eigenvalue weighted by molar-refractivity contribution is -0.141. The summed E-state index contributed by atoms with van der Waals surface area (Å²) in [5.74, 6) is -0.498. The van der Waals surface area contributed by atoms with Crippen LogP contribution in [-0.4, -0.2) is 50.0 Å². The zero-order valence-electron chi connectivity index (χ0n) is 24.5. The van der Waals surface area contributed by atoms with Gasteiger partial charge in [0.2, 0.25) is 21.8 Å². The normalized spacial score (nSPS) is 12.8. The van der Waals surface area contributed by atoms with Gasteiger partial charge < -0.3 is 10.2 Å². The first-order valence-corrected chi connectivity index (χ1v) is 16.6. The minimum Gasteiger partial charge on any atom is -0.352 e. The van der Waals surface area contributed by atoms with E-state index in [2.05, 4.69) is 5.32 Å². The summed E-state index contributed by atoms with van der Waals surface area (Å²) in [6.07, 6.45) is 2.49. The van der Waals surface area contributed by atoms with Crippen LogP contribution in [0, 0.1) is 6.92 Å². The number of aryl methyl sites for hydroxylation is 1. The molecule has 0 unspecified atom stereocenters.